The normalized spacial score (nSPS) is 33.4. The molecule has 0 amide bonds. The van der Waals surface area contributed by atoms with Gasteiger partial charge in [-0.25, -0.2) is 0 Å². The van der Waals surface area contributed by atoms with E-state index >= 15 is 0 Å². The molecule has 2 nitrogen and oxygen atoms in total. The highest BCUT2D eigenvalue weighted by Crippen LogP contribution is 2.61. The number of nitrogens with one attached hydrogen (secondary N) is 1. The van der Waals surface area contributed by atoms with Gasteiger partial charge in [0.15, 0.2) is 0 Å². The Bertz CT molecular complexity index is 1020. The Morgan fingerprint density at radius 2 is 1.39 bits per heavy atom. The molecular formula is C29H31NO. The minimum absolute atomic E-state index is 0.0942. The quantitative estimate of drug-likeness (QED) is 0.503. The third-order valence-corrected chi connectivity index (χ3v) is 7.91. The van der Waals surface area contributed by atoms with Crippen molar-refractivity contribution in [2.24, 2.45) is 17.8 Å². The molecule has 1 N–H and O–H groups in total. The Morgan fingerprint density at radius 1 is 0.742 bits per heavy atom. The van der Waals surface area contributed by atoms with E-state index in [9.17, 15) is 0 Å². The molecule has 2 heterocycles. The Labute approximate surface area is 185 Å². The maximum absolute atomic E-state index is 7.28. The lowest BCUT2D eigenvalue weighted by Crippen LogP contribution is -2.69. The second-order valence-corrected chi connectivity index (χ2v) is 10.1. The van der Waals surface area contributed by atoms with E-state index in [1.807, 2.05) is 0 Å². The van der Waals surface area contributed by atoms with Gasteiger partial charge in [-0.3, -0.25) is 0 Å². The monoisotopic (exact) mass is 409 g/mol. The lowest BCUT2D eigenvalue weighted by molar-refractivity contribution is -0.291. The van der Waals surface area contributed by atoms with Crippen LogP contribution in [0.15, 0.2) is 91.0 Å². The van der Waals surface area contributed by atoms with E-state index in [4.69, 9.17) is 4.74 Å². The van der Waals surface area contributed by atoms with Gasteiger partial charge in [-0.2, -0.15) is 0 Å². The molecule has 2 heteroatoms. The summed E-state index contributed by atoms with van der Waals surface area (Å²) in [6.07, 6.45) is 6.92. The molecule has 2 aliphatic carbocycles. The average Bonchev–Trinajstić information content (AvgIpc) is 2.78. The predicted molar refractivity (Wildman–Crippen MR) is 126 cm³/mol. The summed E-state index contributed by atoms with van der Waals surface area (Å²) in [5, 5.41) is 3.86. The van der Waals surface area contributed by atoms with Crippen molar-refractivity contribution >= 4 is 5.69 Å². The minimum Gasteiger partial charge on any atom is -0.358 e. The molecular weight excluding hydrogens is 378 g/mol. The summed E-state index contributed by atoms with van der Waals surface area (Å²) in [5.74, 6) is 2.03. The number of para-hydroxylation sites is 1. The number of hydrogen-bond acceptors (Lipinski definition) is 2. The van der Waals surface area contributed by atoms with Crippen molar-refractivity contribution in [3.05, 3.63) is 102 Å². The SMILES string of the molecule is c1ccc(CC2C3CC4CC(Nc5ccccc5)(C3)OC2(Cc2ccccc2)C4)cc1. The summed E-state index contributed by atoms with van der Waals surface area (Å²) in [6.45, 7) is 0. The highest BCUT2D eigenvalue weighted by atomic mass is 16.5. The summed E-state index contributed by atoms with van der Waals surface area (Å²) in [5.41, 5.74) is 3.70. The van der Waals surface area contributed by atoms with Crippen LogP contribution in [0, 0.1) is 17.8 Å². The van der Waals surface area contributed by atoms with Gasteiger partial charge in [-0.1, -0.05) is 78.9 Å². The molecule has 3 aromatic rings. The number of anilines is 1. The van der Waals surface area contributed by atoms with Gasteiger partial charge in [-0.15, -0.1) is 0 Å². The van der Waals surface area contributed by atoms with Crippen LogP contribution in [0.3, 0.4) is 0 Å². The standard InChI is InChI=1S/C29H31NO/c1-4-10-22(11-5-1)17-27-25-16-24-19-28(27,18-23-12-6-2-7-13-23)31-29(20-24,21-25)30-26-14-8-3-9-15-26/h1-15,24-25,27,30H,16-21H2. The van der Waals surface area contributed by atoms with Crippen LogP contribution in [0.2, 0.25) is 0 Å². The van der Waals surface area contributed by atoms with Crippen LogP contribution in [-0.2, 0) is 17.6 Å². The topological polar surface area (TPSA) is 21.3 Å². The predicted octanol–water partition coefficient (Wildman–Crippen LogP) is 6.49. The lowest BCUT2D eigenvalue weighted by Gasteiger charge is -2.66. The molecule has 4 aliphatic rings. The fraction of sp³-hybridized carbons (Fsp3) is 0.379. The van der Waals surface area contributed by atoms with Crippen molar-refractivity contribution in [2.45, 2.75) is 49.9 Å². The summed E-state index contributed by atoms with van der Waals surface area (Å²) in [6, 6.07) is 32.7. The summed E-state index contributed by atoms with van der Waals surface area (Å²) >= 11 is 0. The zero-order chi connectivity index (χ0) is 20.7. The van der Waals surface area contributed by atoms with E-state index in [1.54, 1.807) is 0 Å². The molecule has 158 valence electrons. The smallest absolute Gasteiger partial charge is 0.140 e. The molecule has 31 heavy (non-hydrogen) atoms. The van der Waals surface area contributed by atoms with Crippen molar-refractivity contribution in [2.75, 3.05) is 5.32 Å². The fourth-order valence-electron chi connectivity index (χ4n) is 7.00. The highest BCUT2D eigenvalue weighted by Gasteiger charge is 2.63. The molecule has 5 unspecified atom stereocenters. The third kappa shape index (κ3) is 3.57. The van der Waals surface area contributed by atoms with Gasteiger partial charge in [0.05, 0.1) is 5.60 Å². The second kappa shape index (κ2) is 7.53. The maximum Gasteiger partial charge on any atom is 0.140 e. The number of hydrogen-bond donors (Lipinski definition) is 1. The molecule has 0 aromatic heterocycles. The first-order valence-electron chi connectivity index (χ1n) is 11.8. The van der Waals surface area contributed by atoms with Crippen LogP contribution in [0.5, 0.6) is 0 Å². The van der Waals surface area contributed by atoms with Crippen molar-refractivity contribution in [1.29, 1.82) is 0 Å². The molecule has 0 radical (unpaired) electrons. The largest absolute Gasteiger partial charge is 0.358 e. The van der Waals surface area contributed by atoms with Crippen LogP contribution in [0.1, 0.15) is 36.8 Å². The molecule has 0 spiro atoms. The van der Waals surface area contributed by atoms with Gasteiger partial charge >= 0.3 is 0 Å². The third-order valence-electron chi connectivity index (χ3n) is 7.91. The first-order valence-corrected chi connectivity index (χ1v) is 11.8. The van der Waals surface area contributed by atoms with E-state index in [2.05, 4.69) is 96.3 Å². The second-order valence-electron chi connectivity index (χ2n) is 10.1. The van der Waals surface area contributed by atoms with Gasteiger partial charge in [-0.05, 0) is 73.1 Å². The number of ether oxygens (including phenoxy) is 1. The molecule has 2 saturated heterocycles. The molecule has 2 aliphatic heterocycles. The zero-order valence-corrected chi connectivity index (χ0v) is 18.0. The Balaban J connectivity index is 1.37. The van der Waals surface area contributed by atoms with E-state index < -0.39 is 0 Å². The van der Waals surface area contributed by atoms with Crippen molar-refractivity contribution in [3.63, 3.8) is 0 Å². The van der Waals surface area contributed by atoms with Crippen LogP contribution < -0.4 is 5.32 Å². The van der Waals surface area contributed by atoms with Crippen molar-refractivity contribution in [1.82, 2.24) is 0 Å². The Hall–Kier alpha value is -2.58. The Kier molecular flexibility index (Phi) is 4.65. The van der Waals surface area contributed by atoms with Crippen LogP contribution in [0.25, 0.3) is 0 Å². The summed E-state index contributed by atoms with van der Waals surface area (Å²) < 4.78 is 7.28. The van der Waals surface area contributed by atoms with Crippen LogP contribution >= 0.6 is 0 Å². The van der Waals surface area contributed by atoms with Gasteiger partial charge < -0.3 is 10.1 Å². The first kappa shape index (κ1) is 19.1. The van der Waals surface area contributed by atoms with E-state index in [0.717, 1.165) is 31.6 Å². The van der Waals surface area contributed by atoms with E-state index in [-0.39, 0.29) is 11.3 Å². The van der Waals surface area contributed by atoms with Crippen LogP contribution in [0.4, 0.5) is 5.69 Å². The highest BCUT2D eigenvalue weighted by molar-refractivity contribution is 5.45. The van der Waals surface area contributed by atoms with E-state index in [1.165, 1.54) is 29.7 Å². The van der Waals surface area contributed by atoms with Crippen molar-refractivity contribution in [3.8, 4) is 0 Å². The molecule has 4 fully saturated rings. The molecule has 5 atom stereocenters. The van der Waals surface area contributed by atoms with Crippen LogP contribution in [-0.4, -0.2) is 11.3 Å². The minimum atomic E-state index is -0.227. The van der Waals surface area contributed by atoms with Gasteiger partial charge in [0.25, 0.3) is 0 Å². The molecule has 2 saturated carbocycles. The zero-order valence-electron chi connectivity index (χ0n) is 18.0. The van der Waals surface area contributed by atoms with E-state index in [0.29, 0.717) is 11.8 Å². The van der Waals surface area contributed by atoms with Gasteiger partial charge in [0.1, 0.15) is 5.72 Å². The van der Waals surface area contributed by atoms with Crippen molar-refractivity contribution < 1.29 is 4.74 Å². The van der Waals surface area contributed by atoms with Gasteiger partial charge in [0.2, 0.25) is 0 Å². The molecule has 4 bridgehead atoms. The summed E-state index contributed by atoms with van der Waals surface area (Å²) in [4.78, 5) is 0. The molecule has 3 aromatic carbocycles. The Morgan fingerprint density at radius 3 is 2.10 bits per heavy atom. The summed E-state index contributed by atoms with van der Waals surface area (Å²) in [7, 11) is 0. The lowest BCUT2D eigenvalue weighted by atomic mass is 9.53. The fourth-order valence-corrected chi connectivity index (χ4v) is 7.00. The molecule has 7 rings (SSSR count). The number of rotatable bonds is 6. The van der Waals surface area contributed by atoms with Gasteiger partial charge in [0, 0.05) is 12.1 Å². The number of benzene rings is 3. The maximum atomic E-state index is 7.28. The average molecular weight is 410 g/mol. The first-order chi connectivity index (χ1) is 15.2.